The number of benzene rings is 3. The van der Waals surface area contributed by atoms with Gasteiger partial charge in [-0.15, -0.1) is 11.8 Å². The number of nitrogens with zero attached hydrogens (tertiary/aromatic N) is 1. The van der Waals surface area contributed by atoms with Gasteiger partial charge >= 0.3 is 6.18 Å². The first-order valence-electron chi connectivity index (χ1n) is 10.1. The highest BCUT2D eigenvalue weighted by Gasteiger charge is 2.44. The van der Waals surface area contributed by atoms with Crippen LogP contribution in [0.3, 0.4) is 0 Å². The molecule has 1 aliphatic heterocycles. The van der Waals surface area contributed by atoms with E-state index in [0.29, 0.717) is 10.6 Å². The van der Waals surface area contributed by atoms with Crippen LogP contribution in [0.15, 0.2) is 80.8 Å². The van der Waals surface area contributed by atoms with Crippen LogP contribution in [0.4, 0.5) is 18.9 Å². The molecule has 0 radical (unpaired) electrons. The van der Waals surface area contributed by atoms with Crippen molar-refractivity contribution in [2.75, 3.05) is 11.2 Å². The van der Waals surface area contributed by atoms with Crippen molar-refractivity contribution in [1.82, 2.24) is 0 Å². The van der Waals surface area contributed by atoms with Gasteiger partial charge in [-0.2, -0.15) is 13.2 Å². The van der Waals surface area contributed by atoms with Crippen LogP contribution in [0.2, 0.25) is 5.02 Å². The van der Waals surface area contributed by atoms with E-state index in [1.54, 1.807) is 12.1 Å². The minimum absolute atomic E-state index is 0.00616. The highest BCUT2D eigenvalue weighted by Crippen LogP contribution is 2.43. The Morgan fingerprint density at radius 1 is 1.00 bits per heavy atom. The molecule has 34 heavy (non-hydrogen) atoms. The fourth-order valence-corrected chi connectivity index (χ4v) is 4.73. The molecule has 0 fully saturated rings. The third-order valence-corrected chi connectivity index (χ3v) is 6.69. The topological polar surface area (TPSA) is 50.5 Å². The van der Waals surface area contributed by atoms with Gasteiger partial charge in [0.05, 0.1) is 22.6 Å². The molecule has 4 aromatic rings. The van der Waals surface area contributed by atoms with Gasteiger partial charge < -0.3 is 4.42 Å². The maximum absolute atomic E-state index is 13.5. The molecule has 1 amide bonds. The van der Waals surface area contributed by atoms with Crippen molar-refractivity contribution < 1.29 is 22.4 Å². The normalized spacial score (nSPS) is 15.7. The fourth-order valence-electron chi connectivity index (χ4n) is 4.15. The summed E-state index contributed by atoms with van der Waals surface area (Å²) < 4.78 is 46.1. The second-order valence-electron chi connectivity index (χ2n) is 7.71. The molecule has 4 nitrogen and oxygen atoms in total. The smallest absolute Gasteiger partial charge is 0.416 e. The van der Waals surface area contributed by atoms with Crippen molar-refractivity contribution in [2.24, 2.45) is 0 Å². The molecular formula is C25H15ClF3NO3S. The van der Waals surface area contributed by atoms with E-state index in [0.717, 1.165) is 17.0 Å². The Bertz CT molecular complexity index is 1500. The summed E-state index contributed by atoms with van der Waals surface area (Å²) in [4.78, 5) is 29.2. The Kier molecular flexibility index (Phi) is 5.45. The zero-order chi connectivity index (χ0) is 24.2. The molecule has 1 unspecified atom stereocenters. The largest absolute Gasteiger partial charge is 0.450 e. The molecule has 5 rings (SSSR count). The van der Waals surface area contributed by atoms with Gasteiger partial charge in [0.25, 0.3) is 5.91 Å². The molecule has 0 spiro atoms. The Morgan fingerprint density at radius 3 is 2.41 bits per heavy atom. The van der Waals surface area contributed by atoms with Crippen molar-refractivity contribution in [3.05, 3.63) is 104 Å². The number of fused-ring (bicyclic) bond motifs is 2. The molecule has 172 valence electrons. The average Bonchev–Trinajstić information content (AvgIpc) is 3.11. The van der Waals surface area contributed by atoms with Crippen molar-refractivity contribution in [3.8, 4) is 0 Å². The number of amides is 1. The molecule has 1 aromatic heterocycles. The number of rotatable bonds is 3. The molecule has 0 saturated carbocycles. The minimum atomic E-state index is -4.60. The van der Waals surface area contributed by atoms with Crippen LogP contribution < -0.4 is 10.3 Å². The summed E-state index contributed by atoms with van der Waals surface area (Å²) >= 11 is 7.59. The van der Waals surface area contributed by atoms with Crippen LogP contribution in [0.1, 0.15) is 33.3 Å². The number of halogens is 4. The molecule has 0 N–H and O–H groups in total. The quantitative estimate of drug-likeness (QED) is 0.285. The molecular weight excluding hydrogens is 487 g/mol. The molecule has 3 aromatic carbocycles. The number of carbonyl (C=O) groups excluding carboxylic acids is 1. The summed E-state index contributed by atoms with van der Waals surface area (Å²) in [6, 6.07) is 15.1. The maximum atomic E-state index is 13.5. The Balaban J connectivity index is 1.78. The van der Waals surface area contributed by atoms with E-state index in [1.807, 2.05) is 18.4 Å². The van der Waals surface area contributed by atoms with Gasteiger partial charge in [0.15, 0.2) is 5.43 Å². The Hall–Kier alpha value is -3.23. The lowest BCUT2D eigenvalue weighted by Crippen LogP contribution is -2.29. The highest BCUT2D eigenvalue weighted by atomic mass is 35.5. The van der Waals surface area contributed by atoms with Crippen molar-refractivity contribution >= 4 is 45.9 Å². The van der Waals surface area contributed by atoms with E-state index < -0.39 is 29.1 Å². The van der Waals surface area contributed by atoms with Crippen LogP contribution in [-0.2, 0) is 6.18 Å². The third kappa shape index (κ3) is 3.67. The molecule has 9 heteroatoms. The van der Waals surface area contributed by atoms with Crippen LogP contribution in [0.25, 0.3) is 11.0 Å². The monoisotopic (exact) mass is 501 g/mol. The minimum Gasteiger partial charge on any atom is -0.450 e. The molecule has 1 aliphatic rings. The molecule has 0 saturated heterocycles. The van der Waals surface area contributed by atoms with Gasteiger partial charge in [-0.05, 0) is 60.4 Å². The fraction of sp³-hybridized carbons (Fsp3) is 0.120. The third-order valence-electron chi connectivity index (χ3n) is 5.72. The first-order chi connectivity index (χ1) is 16.2. The molecule has 0 bridgehead atoms. The van der Waals surface area contributed by atoms with Gasteiger partial charge in [-0.25, -0.2) is 0 Å². The maximum Gasteiger partial charge on any atom is 0.416 e. The number of hydrogen-bond donors (Lipinski definition) is 0. The second kappa shape index (κ2) is 8.21. The summed E-state index contributed by atoms with van der Waals surface area (Å²) in [5, 5.41) is 0.510. The van der Waals surface area contributed by atoms with Gasteiger partial charge in [0, 0.05) is 15.6 Å². The second-order valence-corrected chi connectivity index (χ2v) is 9.03. The summed E-state index contributed by atoms with van der Waals surface area (Å²) in [7, 11) is 0. The lowest BCUT2D eigenvalue weighted by Gasteiger charge is -2.26. The van der Waals surface area contributed by atoms with Gasteiger partial charge in [-0.1, -0.05) is 29.8 Å². The zero-order valence-corrected chi connectivity index (χ0v) is 19.1. The Labute approximate surface area is 200 Å². The van der Waals surface area contributed by atoms with E-state index >= 15 is 0 Å². The van der Waals surface area contributed by atoms with Crippen LogP contribution in [0, 0.1) is 0 Å². The SMILES string of the molecule is CSc1ccc(C2c3c(oc4ccc(Cl)cc4c3=O)C(=O)N2c2cccc(C(F)(F)F)c2)cc1. The predicted octanol–water partition coefficient (Wildman–Crippen LogP) is 6.94. The predicted molar refractivity (Wildman–Crippen MR) is 126 cm³/mol. The number of thioether (sulfide) groups is 1. The summed E-state index contributed by atoms with van der Waals surface area (Å²) in [5.41, 5.74) is -0.553. The van der Waals surface area contributed by atoms with Gasteiger partial charge in [0.1, 0.15) is 5.58 Å². The standard InChI is InChI=1S/C25H15ClF3NO3S/c1-34-17-8-5-13(6-9-17)21-20-22(31)18-12-15(26)7-10-19(18)33-23(20)24(32)30(21)16-4-2-3-14(11-16)25(27,28)29/h2-12,21H,1H3. The number of carbonyl (C=O) groups is 1. The first-order valence-corrected chi connectivity index (χ1v) is 11.7. The van der Waals surface area contributed by atoms with Crippen molar-refractivity contribution in [1.29, 1.82) is 0 Å². The zero-order valence-electron chi connectivity index (χ0n) is 17.5. The average molecular weight is 502 g/mol. The van der Waals surface area contributed by atoms with Crippen molar-refractivity contribution in [3.63, 3.8) is 0 Å². The first kappa shape index (κ1) is 22.6. The summed E-state index contributed by atoms with van der Waals surface area (Å²) in [6.07, 6.45) is -2.69. The van der Waals surface area contributed by atoms with E-state index in [9.17, 15) is 22.8 Å². The van der Waals surface area contributed by atoms with Crippen LogP contribution >= 0.6 is 23.4 Å². The number of anilines is 1. The van der Waals surface area contributed by atoms with Crippen molar-refractivity contribution in [2.45, 2.75) is 17.1 Å². The lowest BCUT2D eigenvalue weighted by molar-refractivity contribution is -0.137. The van der Waals surface area contributed by atoms with E-state index in [2.05, 4.69) is 0 Å². The molecule has 2 heterocycles. The van der Waals surface area contributed by atoms with E-state index in [-0.39, 0.29) is 28.0 Å². The number of alkyl halides is 3. The highest BCUT2D eigenvalue weighted by molar-refractivity contribution is 7.98. The van der Waals surface area contributed by atoms with Gasteiger partial charge in [0.2, 0.25) is 5.76 Å². The van der Waals surface area contributed by atoms with Crippen LogP contribution in [-0.4, -0.2) is 12.2 Å². The molecule has 1 atom stereocenters. The van der Waals surface area contributed by atoms with Crippen LogP contribution in [0.5, 0.6) is 0 Å². The summed E-state index contributed by atoms with van der Waals surface area (Å²) in [6.45, 7) is 0. The molecule has 0 aliphatic carbocycles. The lowest BCUT2D eigenvalue weighted by atomic mass is 9.98. The summed E-state index contributed by atoms with van der Waals surface area (Å²) in [5.74, 6) is -0.890. The Morgan fingerprint density at radius 2 is 1.74 bits per heavy atom. The number of hydrogen-bond acceptors (Lipinski definition) is 4. The van der Waals surface area contributed by atoms with E-state index in [1.165, 1.54) is 47.0 Å². The van der Waals surface area contributed by atoms with E-state index in [4.69, 9.17) is 16.0 Å². The van der Waals surface area contributed by atoms with Gasteiger partial charge in [-0.3, -0.25) is 14.5 Å².